The highest BCUT2D eigenvalue weighted by Crippen LogP contribution is 2.30. The molecule has 3 rings (SSSR count). The molecule has 0 saturated carbocycles. The maximum absolute atomic E-state index is 13.5. The number of rotatable bonds is 7. The number of phenols is 1. The molecule has 0 radical (unpaired) electrons. The predicted molar refractivity (Wildman–Crippen MR) is 132 cm³/mol. The summed E-state index contributed by atoms with van der Waals surface area (Å²) in [6.07, 6.45) is 0.956. The Morgan fingerprint density at radius 1 is 1.19 bits per heavy atom. The van der Waals surface area contributed by atoms with Crippen LogP contribution >= 0.6 is 24.0 Å². The highest BCUT2D eigenvalue weighted by atomic mass is 127. The van der Waals surface area contributed by atoms with Crippen molar-refractivity contribution in [2.45, 2.75) is 25.9 Å². The maximum Gasteiger partial charge on any atom is 0.191 e. The molecule has 1 unspecified atom stereocenters. The van der Waals surface area contributed by atoms with E-state index in [0.717, 1.165) is 43.2 Å². The van der Waals surface area contributed by atoms with Crippen molar-refractivity contribution < 1.29 is 19.0 Å². The van der Waals surface area contributed by atoms with Gasteiger partial charge in [0.25, 0.3) is 0 Å². The number of nitrogens with one attached hydrogen (secondary N) is 2. The van der Waals surface area contributed by atoms with Gasteiger partial charge in [-0.3, -0.25) is 0 Å². The molecular formula is C22H30FIN4O3. The average Bonchev–Trinajstić information content (AvgIpc) is 3.22. The molecule has 7 nitrogen and oxygen atoms in total. The second kappa shape index (κ2) is 11.8. The first-order valence-electron chi connectivity index (χ1n) is 10.0. The Bertz CT molecular complexity index is 875. The number of ether oxygens (including phenoxy) is 2. The molecule has 1 fully saturated rings. The first kappa shape index (κ1) is 24.8. The third-order valence-corrected chi connectivity index (χ3v) is 5.01. The van der Waals surface area contributed by atoms with Crippen LogP contribution in [0.4, 0.5) is 10.1 Å². The van der Waals surface area contributed by atoms with Crippen molar-refractivity contribution >= 4 is 35.6 Å². The Hall–Kier alpha value is -2.43. The van der Waals surface area contributed by atoms with E-state index in [4.69, 9.17) is 9.47 Å². The van der Waals surface area contributed by atoms with Gasteiger partial charge in [-0.25, -0.2) is 9.38 Å². The summed E-state index contributed by atoms with van der Waals surface area (Å²) in [6.45, 7) is 4.75. The molecule has 31 heavy (non-hydrogen) atoms. The summed E-state index contributed by atoms with van der Waals surface area (Å²) in [5, 5.41) is 16.0. The summed E-state index contributed by atoms with van der Waals surface area (Å²) in [7, 11) is 3.29. The monoisotopic (exact) mass is 544 g/mol. The van der Waals surface area contributed by atoms with E-state index in [2.05, 4.69) is 20.5 Å². The van der Waals surface area contributed by atoms with E-state index in [-0.39, 0.29) is 35.8 Å². The van der Waals surface area contributed by atoms with Crippen molar-refractivity contribution in [2.24, 2.45) is 4.99 Å². The second-order valence-electron chi connectivity index (χ2n) is 7.13. The normalized spacial score (nSPS) is 15.9. The van der Waals surface area contributed by atoms with Gasteiger partial charge >= 0.3 is 0 Å². The van der Waals surface area contributed by atoms with E-state index in [1.165, 1.54) is 12.1 Å². The van der Waals surface area contributed by atoms with Gasteiger partial charge in [-0.2, -0.15) is 0 Å². The highest BCUT2D eigenvalue weighted by molar-refractivity contribution is 14.0. The molecule has 1 saturated heterocycles. The van der Waals surface area contributed by atoms with E-state index in [1.807, 2.05) is 25.1 Å². The SMILES string of the molecule is CCNC(=NCc1ccc(O)c(F)c1)NC1CCN(c2cc(OC)cc(OC)c2)C1.I. The van der Waals surface area contributed by atoms with Crippen LogP contribution in [0.1, 0.15) is 18.9 Å². The number of methoxy groups -OCH3 is 2. The number of halogens is 2. The Kier molecular flexibility index (Phi) is 9.47. The zero-order valence-electron chi connectivity index (χ0n) is 18.0. The van der Waals surface area contributed by atoms with Crippen LogP contribution in [0.5, 0.6) is 17.2 Å². The molecule has 1 aliphatic heterocycles. The number of guanidine groups is 1. The van der Waals surface area contributed by atoms with E-state index < -0.39 is 5.82 Å². The van der Waals surface area contributed by atoms with Gasteiger partial charge in [0.15, 0.2) is 17.5 Å². The average molecular weight is 544 g/mol. The molecule has 0 aliphatic carbocycles. The van der Waals surface area contributed by atoms with Gasteiger partial charge in [0.2, 0.25) is 0 Å². The van der Waals surface area contributed by atoms with Crippen LogP contribution in [-0.4, -0.2) is 51.0 Å². The number of aliphatic imine (C=N–C) groups is 1. The van der Waals surface area contributed by atoms with Crippen LogP contribution in [0.3, 0.4) is 0 Å². The summed E-state index contributed by atoms with van der Waals surface area (Å²) in [4.78, 5) is 6.84. The molecule has 0 aromatic heterocycles. The Morgan fingerprint density at radius 2 is 1.90 bits per heavy atom. The minimum atomic E-state index is -0.638. The summed E-state index contributed by atoms with van der Waals surface area (Å²) in [6, 6.07) is 10.4. The molecule has 1 atom stereocenters. The second-order valence-corrected chi connectivity index (χ2v) is 7.13. The number of nitrogens with zero attached hydrogens (tertiary/aromatic N) is 2. The van der Waals surface area contributed by atoms with Gasteiger partial charge in [0.05, 0.1) is 20.8 Å². The maximum atomic E-state index is 13.5. The fourth-order valence-corrected chi connectivity index (χ4v) is 3.42. The van der Waals surface area contributed by atoms with Gasteiger partial charge in [0, 0.05) is 49.6 Å². The smallest absolute Gasteiger partial charge is 0.191 e. The molecule has 9 heteroatoms. The lowest BCUT2D eigenvalue weighted by atomic mass is 10.2. The minimum Gasteiger partial charge on any atom is -0.505 e. The fraction of sp³-hybridized carbons (Fsp3) is 0.409. The number of hydrogen-bond donors (Lipinski definition) is 3. The number of phenolic OH excluding ortho intramolecular Hbond substituents is 1. The lowest BCUT2D eigenvalue weighted by Gasteiger charge is -2.21. The third kappa shape index (κ3) is 6.78. The molecule has 170 valence electrons. The third-order valence-electron chi connectivity index (χ3n) is 5.01. The van der Waals surface area contributed by atoms with E-state index in [0.29, 0.717) is 18.1 Å². The van der Waals surface area contributed by atoms with Gasteiger partial charge in [-0.1, -0.05) is 6.07 Å². The molecule has 2 aromatic carbocycles. The lowest BCUT2D eigenvalue weighted by molar-refractivity contribution is 0.394. The summed E-state index contributed by atoms with van der Waals surface area (Å²) >= 11 is 0. The van der Waals surface area contributed by atoms with Crippen LogP contribution in [-0.2, 0) is 6.54 Å². The van der Waals surface area contributed by atoms with Gasteiger partial charge in [-0.05, 0) is 31.0 Å². The highest BCUT2D eigenvalue weighted by Gasteiger charge is 2.24. The number of aromatic hydroxyl groups is 1. The minimum absolute atomic E-state index is 0. The van der Waals surface area contributed by atoms with Crippen molar-refractivity contribution in [1.29, 1.82) is 0 Å². The van der Waals surface area contributed by atoms with E-state index >= 15 is 0 Å². The number of hydrogen-bond acceptors (Lipinski definition) is 5. The predicted octanol–water partition coefficient (Wildman–Crippen LogP) is 3.50. The molecule has 0 bridgehead atoms. The molecule has 0 spiro atoms. The number of anilines is 1. The Labute approximate surface area is 199 Å². The van der Waals surface area contributed by atoms with Crippen molar-refractivity contribution in [3.63, 3.8) is 0 Å². The summed E-state index contributed by atoms with van der Waals surface area (Å²) in [5.41, 5.74) is 1.75. The molecule has 1 aliphatic rings. The quantitative estimate of drug-likeness (QED) is 0.282. The van der Waals surface area contributed by atoms with Gasteiger partial charge in [0.1, 0.15) is 11.5 Å². The topological polar surface area (TPSA) is 78.4 Å². The van der Waals surface area contributed by atoms with Crippen LogP contribution in [0.2, 0.25) is 0 Å². The van der Waals surface area contributed by atoms with Crippen LogP contribution in [0, 0.1) is 5.82 Å². The van der Waals surface area contributed by atoms with Crippen LogP contribution < -0.4 is 25.0 Å². The van der Waals surface area contributed by atoms with Gasteiger partial charge < -0.3 is 30.1 Å². The molecule has 1 heterocycles. The van der Waals surface area contributed by atoms with E-state index in [9.17, 15) is 9.50 Å². The molecule has 0 amide bonds. The molecule has 2 aromatic rings. The molecule has 3 N–H and O–H groups in total. The van der Waals surface area contributed by atoms with Crippen LogP contribution in [0.15, 0.2) is 41.4 Å². The summed E-state index contributed by atoms with van der Waals surface area (Å²) < 4.78 is 24.3. The Morgan fingerprint density at radius 3 is 2.52 bits per heavy atom. The zero-order valence-corrected chi connectivity index (χ0v) is 20.4. The van der Waals surface area contributed by atoms with Gasteiger partial charge in [-0.15, -0.1) is 24.0 Å². The molecular weight excluding hydrogens is 514 g/mol. The Balaban J connectivity index is 0.00000341. The first-order valence-corrected chi connectivity index (χ1v) is 10.0. The standard InChI is InChI=1S/C22H29FN4O3.HI/c1-4-24-22(25-13-15-5-6-21(28)20(23)9-15)26-16-7-8-27(14-16)17-10-18(29-2)12-19(11-17)30-3;/h5-6,9-12,16,28H,4,7-8,13-14H2,1-3H3,(H2,24,25,26);1H. The first-order chi connectivity index (χ1) is 14.5. The van der Waals surface area contributed by atoms with Crippen LogP contribution in [0.25, 0.3) is 0 Å². The van der Waals surface area contributed by atoms with Crippen molar-refractivity contribution in [3.8, 4) is 17.2 Å². The lowest BCUT2D eigenvalue weighted by Crippen LogP contribution is -2.44. The van der Waals surface area contributed by atoms with Crippen molar-refractivity contribution in [2.75, 3.05) is 38.8 Å². The number of benzene rings is 2. The van der Waals surface area contributed by atoms with Crippen molar-refractivity contribution in [1.82, 2.24) is 10.6 Å². The zero-order chi connectivity index (χ0) is 21.5. The summed E-state index contributed by atoms with van der Waals surface area (Å²) in [5.74, 6) is 1.21. The largest absolute Gasteiger partial charge is 0.505 e. The van der Waals surface area contributed by atoms with E-state index in [1.54, 1.807) is 20.3 Å². The van der Waals surface area contributed by atoms with Crippen molar-refractivity contribution in [3.05, 3.63) is 47.8 Å². The fourth-order valence-electron chi connectivity index (χ4n) is 3.42.